The van der Waals surface area contributed by atoms with Crippen molar-refractivity contribution < 1.29 is 10.0 Å². The molecule has 0 saturated carbocycles. The van der Waals surface area contributed by atoms with Crippen molar-refractivity contribution in [3.05, 3.63) is 81.5 Å². The van der Waals surface area contributed by atoms with E-state index in [0.29, 0.717) is 17.2 Å². The molecular weight excluding hydrogens is 344 g/mol. The first-order chi connectivity index (χ1) is 12.9. The van der Waals surface area contributed by atoms with Crippen molar-refractivity contribution in [3.8, 4) is 11.4 Å². The second kappa shape index (κ2) is 7.92. The number of non-ortho nitro benzene ring substituents is 1. The van der Waals surface area contributed by atoms with Crippen molar-refractivity contribution in [1.82, 2.24) is 9.97 Å². The van der Waals surface area contributed by atoms with E-state index >= 15 is 0 Å². The normalized spacial score (nSPS) is 11.8. The van der Waals surface area contributed by atoms with Crippen LogP contribution in [0.1, 0.15) is 22.9 Å². The van der Waals surface area contributed by atoms with Gasteiger partial charge in [0.2, 0.25) is 0 Å². The Bertz CT molecular complexity index is 975. The van der Waals surface area contributed by atoms with E-state index in [1.807, 2.05) is 38.1 Å². The number of aliphatic hydroxyl groups is 1. The molecular formula is C20H20N4O3. The highest BCUT2D eigenvalue weighted by Gasteiger charge is 2.12. The molecule has 1 unspecified atom stereocenters. The summed E-state index contributed by atoms with van der Waals surface area (Å²) in [6.45, 7) is 4.09. The van der Waals surface area contributed by atoms with Crippen LogP contribution in [0.3, 0.4) is 0 Å². The van der Waals surface area contributed by atoms with Crippen LogP contribution in [-0.2, 0) is 0 Å². The lowest BCUT2D eigenvalue weighted by molar-refractivity contribution is -0.384. The number of rotatable bonds is 6. The molecule has 1 heterocycles. The predicted octanol–water partition coefficient (Wildman–Crippen LogP) is 3.81. The van der Waals surface area contributed by atoms with Crippen molar-refractivity contribution in [2.45, 2.75) is 20.0 Å². The van der Waals surface area contributed by atoms with Crippen LogP contribution in [0.2, 0.25) is 0 Å². The Balaban J connectivity index is 1.79. The summed E-state index contributed by atoms with van der Waals surface area (Å²) in [6.07, 6.45) is -0.679. The molecule has 0 aliphatic rings. The summed E-state index contributed by atoms with van der Waals surface area (Å²) in [5.74, 6) is 0.946. The van der Waals surface area contributed by atoms with Crippen molar-refractivity contribution in [3.63, 3.8) is 0 Å². The van der Waals surface area contributed by atoms with E-state index in [1.165, 1.54) is 12.1 Å². The van der Waals surface area contributed by atoms with E-state index in [0.717, 1.165) is 16.8 Å². The highest BCUT2D eigenvalue weighted by atomic mass is 16.6. The minimum absolute atomic E-state index is 0.0121. The highest BCUT2D eigenvalue weighted by molar-refractivity contribution is 5.61. The molecule has 3 aromatic rings. The van der Waals surface area contributed by atoms with E-state index in [2.05, 4.69) is 15.3 Å². The third-order valence-electron chi connectivity index (χ3n) is 4.07. The van der Waals surface area contributed by atoms with Gasteiger partial charge in [0.05, 0.1) is 11.0 Å². The summed E-state index contributed by atoms with van der Waals surface area (Å²) in [7, 11) is 0. The first-order valence-corrected chi connectivity index (χ1v) is 8.51. The first kappa shape index (κ1) is 18.5. The van der Waals surface area contributed by atoms with Gasteiger partial charge in [-0.25, -0.2) is 9.97 Å². The maximum absolute atomic E-state index is 11.0. The molecule has 7 heteroatoms. The van der Waals surface area contributed by atoms with Gasteiger partial charge in [-0.05, 0) is 19.4 Å². The van der Waals surface area contributed by atoms with Crippen LogP contribution < -0.4 is 5.32 Å². The highest BCUT2D eigenvalue weighted by Crippen LogP contribution is 2.23. The van der Waals surface area contributed by atoms with Gasteiger partial charge in [-0.15, -0.1) is 0 Å². The Labute approximate surface area is 156 Å². The van der Waals surface area contributed by atoms with Crippen molar-refractivity contribution in [1.29, 1.82) is 0 Å². The second-order valence-electron chi connectivity index (χ2n) is 6.34. The topological polar surface area (TPSA) is 101 Å². The lowest BCUT2D eigenvalue weighted by atomic mass is 10.1. The molecule has 1 aromatic heterocycles. The smallest absolute Gasteiger partial charge is 0.270 e. The van der Waals surface area contributed by atoms with Crippen LogP contribution in [0.25, 0.3) is 11.4 Å². The molecule has 0 radical (unpaired) electrons. The van der Waals surface area contributed by atoms with Gasteiger partial charge >= 0.3 is 0 Å². The molecule has 0 spiro atoms. The zero-order valence-corrected chi connectivity index (χ0v) is 15.1. The van der Waals surface area contributed by atoms with Crippen LogP contribution in [-0.4, -0.2) is 26.5 Å². The number of nitrogens with zero attached hydrogens (tertiary/aromatic N) is 3. The Hall–Kier alpha value is -3.32. The third-order valence-corrected chi connectivity index (χ3v) is 4.07. The van der Waals surface area contributed by atoms with Gasteiger partial charge in [0.15, 0.2) is 5.82 Å². The molecule has 0 aliphatic carbocycles. The Morgan fingerprint density at radius 2 is 1.89 bits per heavy atom. The van der Waals surface area contributed by atoms with E-state index in [9.17, 15) is 15.2 Å². The van der Waals surface area contributed by atoms with Crippen LogP contribution >= 0.6 is 0 Å². The van der Waals surface area contributed by atoms with E-state index in [-0.39, 0.29) is 12.2 Å². The summed E-state index contributed by atoms with van der Waals surface area (Å²) in [5.41, 5.74) is 3.18. The predicted molar refractivity (Wildman–Crippen MR) is 103 cm³/mol. The van der Waals surface area contributed by atoms with Crippen LogP contribution in [0.15, 0.2) is 54.6 Å². The zero-order valence-electron chi connectivity index (χ0n) is 15.1. The average Bonchev–Trinajstić information content (AvgIpc) is 2.65. The maximum atomic E-state index is 11.0. The van der Waals surface area contributed by atoms with Gasteiger partial charge in [-0.1, -0.05) is 42.0 Å². The Morgan fingerprint density at radius 1 is 1.11 bits per heavy atom. The fraction of sp³-hybridized carbons (Fsp3) is 0.200. The average molecular weight is 364 g/mol. The molecule has 7 nitrogen and oxygen atoms in total. The van der Waals surface area contributed by atoms with Crippen molar-refractivity contribution in [2.75, 3.05) is 11.9 Å². The van der Waals surface area contributed by atoms with Crippen molar-refractivity contribution >= 4 is 11.5 Å². The molecule has 0 bridgehead atoms. The standard InChI is InChI=1S/C20H20N4O3/c1-13-5-3-6-15(9-13)18(25)12-21-19-10-14(2)22-20(23-19)16-7-4-8-17(11-16)24(26)27/h3-11,18,25H,12H2,1-2H3,(H,21,22,23). The van der Waals surface area contributed by atoms with Crippen LogP contribution in [0.5, 0.6) is 0 Å². The lowest BCUT2D eigenvalue weighted by Crippen LogP contribution is -2.13. The largest absolute Gasteiger partial charge is 0.387 e. The van der Waals surface area contributed by atoms with Gasteiger partial charge in [0, 0.05) is 36.0 Å². The molecule has 0 saturated heterocycles. The molecule has 0 aliphatic heterocycles. The monoisotopic (exact) mass is 364 g/mol. The summed E-state index contributed by atoms with van der Waals surface area (Å²) >= 11 is 0. The van der Waals surface area contributed by atoms with E-state index in [1.54, 1.807) is 18.2 Å². The number of anilines is 1. The third kappa shape index (κ3) is 4.65. The number of aliphatic hydroxyl groups excluding tert-OH is 1. The SMILES string of the molecule is Cc1cccc(C(O)CNc2cc(C)nc(-c3cccc([N+](=O)[O-])c3)n2)c1. The minimum Gasteiger partial charge on any atom is -0.387 e. The number of aryl methyl sites for hydroxylation is 2. The summed E-state index contributed by atoms with van der Waals surface area (Å²) in [6, 6.07) is 15.7. The second-order valence-corrected chi connectivity index (χ2v) is 6.34. The Kier molecular flexibility index (Phi) is 5.42. The number of hydrogen-bond acceptors (Lipinski definition) is 6. The van der Waals surface area contributed by atoms with Gasteiger partial charge in [0.1, 0.15) is 5.82 Å². The van der Waals surface area contributed by atoms with E-state index < -0.39 is 11.0 Å². The fourth-order valence-electron chi connectivity index (χ4n) is 2.74. The summed E-state index contributed by atoms with van der Waals surface area (Å²) < 4.78 is 0. The number of aromatic nitrogens is 2. The number of nitro benzene ring substituents is 1. The fourth-order valence-corrected chi connectivity index (χ4v) is 2.74. The Morgan fingerprint density at radius 3 is 2.63 bits per heavy atom. The molecule has 1 atom stereocenters. The van der Waals surface area contributed by atoms with Gasteiger partial charge < -0.3 is 10.4 Å². The molecule has 0 amide bonds. The number of benzene rings is 2. The van der Waals surface area contributed by atoms with Crippen LogP contribution in [0, 0.1) is 24.0 Å². The quantitative estimate of drug-likeness (QED) is 0.509. The van der Waals surface area contributed by atoms with Gasteiger partial charge in [-0.3, -0.25) is 10.1 Å². The zero-order chi connectivity index (χ0) is 19.4. The molecule has 27 heavy (non-hydrogen) atoms. The molecule has 138 valence electrons. The van der Waals surface area contributed by atoms with Gasteiger partial charge in [0.25, 0.3) is 5.69 Å². The first-order valence-electron chi connectivity index (χ1n) is 8.51. The summed E-state index contributed by atoms with van der Waals surface area (Å²) in [5, 5.41) is 24.5. The van der Waals surface area contributed by atoms with Crippen LogP contribution in [0.4, 0.5) is 11.5 Å². The minimum atomic E-state index is -0.679. The van der Waals surface area contributed by atoms with E-state index in [4.69, 9.17) is 0 Å². The number of nitrogens with one attached hydrogen (secondary N) is 1. The molecule has 0 fully saturated rings. The molecule has 2 aromatic carbocycles. The summed E-state index contributed by atoms with van der Waals surface area (Å²) in [4.78, 5) is 19.3. The lowest BCUT2D eigenvalue weighted by Gasteiger charge is -2.14. The maximum Gasteiger partial charge on any atom is 0.270 e. The molecule has 2 N–H and O–H groups in total. The van der Waals surface area contributed by atoms with Gasteiger partial charge in [-0.2, -0.15) is 0 Å². The molecule has 3 rings (SSSR count). The number of nitro groups is 1. The van der Waals surface area contributed by atoms with Crippen molar-refractivity contribution in [2.24, 2.45) is 0 Å². The number of hydrogen-bond donors (Lipinski definition) is 2.